The van der Waals surface area contributed by atoms with Crippen molar-refractivity contribution in [2.45, 2.75) is 46.1 Å². The lowest BCUT2D eigenvalue weighted by atomic mass is 10.1. The summed E-state index contributed by atoms with van der Waals surface area (Å²) in [6, 6.07) is 0. The highest BCUT2D eigenvalue weighted by Crippen LogP contribution is 2.14. The number of unbranched alkanes of at least 4 members (excludes halogenated alkanes) is 1. The molecular formula is C18H30N4O4. The van der Waals surface area contributed by atoms with Crippen LogP contribution in [-0.2, 0) is 11.3 Å². The molecule has 0 aromatic carbocycles. The molecule has 0 aliphatic carbocycles. The van der Waals surface area contributed by atoms with E-state index in [1.807, 2.05) is 13.8 Å². The van der Waals surface area contributed by atoms with E-state index in [4.69, 9.17) is 4.74 Å². The molecule has 0 bridgehead atoms. The minimum atomic E-state index is -0.576. The number of nitrogens with one attached hydrogen (secondary N) is 1. The fourth-order valence-electron chi connectivity index (χ4n) is 3.04. The van der Waals surface area contributed by atoms with Crippen LogP contribution in [0.3, 0.4) is 0 Å². The molecule has 0 saturated carbocycles. The van der Waals surface area contributed by atoms with Gasteiger partial charge in [0.2, 0.25) is 5.88 Å². The number of H-pyrrole nitrogens is 1. The maximum absolute atomic E-state index is 12.2. The van der Waals surface area contributed by atoms with Gasteiger partial charge in [0.15, 0.2) is 0 Å². The molecule has 26 heavy (non-hydrogen) atoms. The monoisotopic (exact) mass is 366 g/mol. The first-order valence-corrected chi connectivity index (χ1v) is 9.48. The molecule has 2 N–H and O–H groups in total. The van der Waals surface area contributed by atoms with Gasteiger partial charge in [0, 0.05) is 32.7 Å². The van der Waals surface area contributed by atoms with Crippen LogP contribution in [0.1, 0.15) is 45.1 Å². The molecular weight excluding hydrogens is 336 g/mol. The van der Waals surface area contributed by atoms with E-state index in [-0.39, 0.29) is 11.4 Å². The average Bonchev–Trinajstić information content (AvgIpc) is 2.64. The molecule has 8 heteroatoms. The maximum atomic E-state index is 12.2. The Labute approximate surface area is 153 Å². The number of ether oxygens (including phenoxy) is 1. The Morgan fingerprint density at radius 2 is 1.92 bits per heavy atom. The third kappa shape index (κ3) is 5.28. The second-order valence-corrected chi connectivity index (χ2v) is 6.45. The van der Waals surface area contributed by atoms with Crippen LogP contribution in [-0.4, -0.2) is 64.7 Å². The molecule has 1 aliphatic heterocycles. The molecule has 0 atom stereocenters. The number of aliphatic imine (C=N–C) groups is 1. The fraction of sp³-hybridized carbons (Fsp3) is 0.722. The Morgan fingerprint density at radius 3 is 2.58 bits per heavy atom. The van der Waals surface area contributed by atoms with Crippen LogP contribution in [0.5, 0.6) is 5.88 Å². The molecule has 0 spiro atoms. The van der Waals surface area contributed by atoms with Gasteiger partial charge < -0.3 is 9.84 Å². The van der Waals surface area contributed by atoms with E-state index in [0.717, 1.165) is 52.1 Å². The van der Waals surface area contributed by atoms with Crippen molar-refractivity contribution in [1.29, 1.82) is 0 Å². The van der Waals surface area contributed by atoms with E-state index in [2.05, 4.69) is 14.9 Å². The Hall–Kier alpha value is -1.93. The van der Waals surface area contributed by atoms with Crippen LogP contribution in [0.25, 0.3) is 0 Å². The summed E-state index contributed by atoms with van der Waals surface area (Å²) >= 11 is 0. The molecule has 146 valence electrons. The van der Waals surface area contributed by atoms with Gasteiger partial charge in [0.05, 0.1) is 18.9 Å². The minimum absolute atomic E-state index is 0.120. The summed E-state index contributed by atoms with van der Waals surface area (Å²) in [7, 11) is 0. The second kappa shape index (κ2) is 10.3. The first-order chi connectivity index (χ1) is 12.6. The van der Waals surface area contributed by atoms with Crippen molar-refractivity contribution in [2.75, 3.05) is 39.4 Å². The van der Waals surface area contributed by atoms with Gasteiger partial charge in [0.1, 0.15) is 5.56 Å². The smallest absolute Gasteiger partial charge is 0.331 e. The zero-order valence-corrected chi connectivity index (χ0v) is 15.8. The van der Waals surface area contributed by atoms with Crippen molar-refractivity contribution in [2.24, 2.45) is 4.99 Å². The summed E-state index contributed by atoms with van der Waals surface area (Å²) in [5, 5.41) is 10.5. The number of morpholine rings is 1. The van der Waals surface area contributed by atoms with Gasteiger partial charge in [-0.15, -0.1) is 0 Å². The molecule has 2 heterocycles. The third-order valence-electron chi connectivity index (χ3n) is 4.57. The van der Waals surface area contributed by atoms with Crippen LogP contribution >= 0.6 is 0 Å². The van der Waals surface area contributed by atoms with Gasteiger partial charge in [-0.1, -0.05) is 20.3 Å². The molecule has 8 nitrogen and oxygen atoms in total. The number of aromatic amines is 1. The number of hydrogen-bond donors (Lipinski definition) is 2. The van der Waals surface area contributed by atoms with E-state index in [0.29, 0.717) is 25.2 Å². The van der Waals surface area contributed by atoms with E-state index in [1.54, 1.807) is 0 Å². The SMILES string of the molecule is CCCCn1c(O)c(C(CC)=NCCCN2CCOCC2)c(=O)[nH]c1=O. The number of aromatic nitrogens is 2. The lowest BCUT2D eigenvalue weighted by Crippen LogP contribution is -2.37. The number of nitrogens with zero attached hydrogens (tertiary/aromatic N) is 3. The number of aromatic hydroxyl groups is 1. The predicted molar refractivity (Wildman–Crippen MR) is 101 cm³/mol. The van der Waals surface area contributed by atoms with Crippen LogP contribution in [0, 0.1) is 0 Å². The molecule has 0 radical (unpaired) electrons. The summed E-state index contributed by atoms with van der Waals surface area (Å²) in [5.41, 5.74) is -0.493. The molecule has 0 unspecified atom stereocenters. The first-order valence-electron chi connectivity index (χ1n) is 9.48. The lowest BCUT2D eigenvalue weighted by Gasteiger charge is -2.26. The van der Waals surface area contributed by atoms with Crippen LogP contribution in [0.15, 0.2) is 14.6 Å². The Morgan fingerprint density at radius 1 is 1.19 bits per heavy atom. The van der Waals surface area contributed by atoms with Crippen LogP contribution in [0.4, 0.5) is 0 Å². The summed E-state index contributed by atoms with van der Waals surface area (Å²) in [4.78, 5) is 33.4. The molecule has 1 aromatic rings. The van der Waals surface area contributed by atoms with Gasteiger partial charge in [-0.25, -0.2) is 4.79 Å². The average molecular weight is 366 g/mol. The lowest BCUT2D eigenvalue weighted by molar-refractivity contribution is 0.0377. The van der Waals surface area contributed by atoms with Crippen molar-refractivity contribution < 1.29 is 9.84 Å². The Balaban J connectivity index is 2.12. The van der Waals surface area contributed by atoms with Crippen molar-refractivity contribution in [1.82, 2.24) is 14.5 Å². The molecule has 0 amide bonds. The molecule has 1 aliphatic rings. The van der Waals surface area contributed by atoms with Crippen molar-refractivity contribution in [3.05, 3.63) is 26.4 Å². The normalized spacial score (nSPS) is 16.2. The van der Waals surface area contributed by atoms with Gasteiger partial charge in [0.25, 0.3) is 5.56 Å². The summed E-state index contributed by atoms with van der Waals surface area (Å²) < 4.78 is 6.55. The minimum Gasteiger partial charge on any atom is -0.494 e. The Kier molecular flexibility index (Phi) is 8.06. The molecule has 1 saturated heterocycles. The highest BCUT2D eigenvalue weighted by atomic mass is 16.5. The van der Waals surface area contributed by atoms with E-state index in [9.17, 15) is 14.7 Å². The molecule has 2 rings (SSSR count). The first kappa shape index (κ1) is 20.4. The summed E-state index contributed by atoms with van der Waals surface area (Å²) in [6.45, 7) is 9.19. The van der Waals surface area contributed by atoms with Crippen molar-refractivity contribution >= 4 is 5.71 Å². The van der Waals surface area contributed by atoms with Crippen LogP contribution < -0.4 is 11.2 Å². The zero-order chi connectivity index (χ0) is 18.9. The van der Waals surface area contributed by atoms with Gasteiger partial charge in [-0.3, -0.25) is 24.2 Å². The topological polar surface area (TPSA) is 99.9 Å². The predicted octanol–water partition coefficient (Wildman–Crippen LogP) is 0.964. The maximum Gasteiger partial charge on any atom is 0.331 e. The van der Waals surface area contributed by atoms with Gasteiger partial charge >= 0.3 is 5.69 Å². The standard InChI is InChI=1S/C18H30N4O4/c1-3-5-9-22-17(24)15(16(23)20-18(22)25)14(4-2)19-7-6-8-21-10-12-26-13-11-21/h24H,3-13H2,1-2H3,(H,20,23,25). The van der Waals surface area contributed by atoms with Gasteiger partial charge in [-0.2, -0.15) is 0 Å². The van der Waals surface area contributed by atoms with Gasteiger partial charge in [-0.05, 0) is 19.3 Å². The quantitative estimate of drug-likeness (QED) is 0.501. The Bertz CT molecular complexity index is 717. The second-order valence-electron chi connectivity index (χ2n) is 6.45. The highest BCUT2D eigenvalue weighted by molar-refractivity contribution is 6.01. The zero-order valence-electron chi connectivity index (χ0n) is 15.8. The van der Waals surface area contributed by atoms with Crippen molar-refractivity contribution in [3.8, 4) is 5.88 Å². The fourth-order valence-corrected chi connectivity index (χ4v) is 3.04. The van der Waals surface area contributed by atoms with Crippen molar-refractivity contribution in [3.63, 3.8) is 0 Å². The number of hydrogen-bond acceptors (Lipinski definition) is 6. The third-order valence-corrected chi connectivity index (χ3v) is 4.57. The van der Waals surface area contributed by atoms with E-state index >= 15 is 0 Å². The van der Waals surface area contributed by atoms with Crippen LogP contribution in [0.2, 0.25) is 0 Å². The van der Waals surface area contributed by atoms with E-state index in [1.165, 1.54) is 4.57 Å². The summed E-state index contributed by atoms with van der Waals surface area (Å²) in [5.74, 6) is -0.277. The molecule has 1 fully saturated rings. The largest absolute Gasteiger partial charge is 0.494 e. The summed E-state index contributed by atoms with van der Waals surface area (Å²) in [6.07, 6.45) is 3.02. The highest BCUT2D eigenvalue weighted by Gasteiger charge is 2.18. The molecule has 1 aromatic heterocycles. The van der Waals surface area contributed by atoms with E-state index < -0.39 is 11.2 Å². The number of rotatable bonds is 9.